The lowest BCUT2D eigenvalue weighted by molar-refractivity contribution is -0.121. The molecule has 0 spiro atoms. The molecule has 0 aliphatic rings. The summed E-state index contributed by atoms with van der Waals surface area (Å²) in [4.78, 5) is 25.6. The Hall–Kier alpha value is -0.630. The van der Waals surface area contributed by atoms with E-state index in [9.17, 15) is 9.59 Å². The maximum atomic E-state index is 12.0. The molecule has 1 aromatic rings. The SMILES string of the molecule is CC(N)CCNC(=O)CN(C)C(=O)c1ccc(Br)s1.Cl. The fourth-order valence-electron chi connectivity index (χ4n) is 1.40. The maximum absolute atomic E-state index is 12.0. The van der Waals surface area contributed by atoms with E-state index in [0.717, 1.165) is 10.2 Å². The van der Waals surface area contributed by atoms with Crippen molar-refractivity contribution in [2.75, 3.05) is 20.1 Å². The van der Waals surface area contributed by atoms with Crippen LogP contribution < -0.4 is 11.1 Å². The van der Waals surface area contributed by atoms with Crippen molar-refractivity contribution in [3.63, 3.8) is 0 Å². The van der Waals surface area contributed by atoms with E-state index >= 15 is 0 Å². The second-order valence-electron chi connectivity index (χ2n) is 4.38. The molecule has 0 aliphatic heterocycles. The van der Waals surface area contributed by atoms with Crippen LogP contribution in [0.4, 0.5) is 0 Å². The van der Waals surface area contributed by atoms with Gasteiger partial charge in [-0.2, -0.15) is 0 Å². The number of hydrogen-bond acceptors (Lipinski definition) is 4. The molecule has 1 atom stereocenters. The fourth-order valence-corrected chi connectivity index (χ4v) is 2.78. The van der Waals surface area contributed by atoms with Crippen LogP contribution in [-0.4, -0.2) is 42.9 Å². The van der Waals surface area contributed by atoms with Gasteiger partial charge in [-0.1, -0.05) is 0 Å². The lowest BCUT2D eigenvalue weighted by Crippen LogP contribution is -2.39. The van der Waals surface area contributed by atoms with E-state index < -0.39 is 0 Å². The summed E-state index contributed by atoms with van der Waals surface area (Å²) in [5.41, 5.74) is 5.59. The highest BCUT2D eigenvalue weighted by atomic mass is 79.9. The molecule has 8 heteroatoms. The number of thiophene rings is 1. The Morgan fingerprint density at radius 1 is 1.50 bits per heavy atom. The molecule has 0 bridgehead atoms. The van der Waals surface area contributed by atoms with E-state index in [-0.39, 0.29) is 36.8 Å². The zero-order chi connectivity index (χ0) is 14.4. The van der Waals surface area contributed by atoms with Crippen LogP contribution in [0.5, 0.6) is 0 Å². The summed E-state index contributed by atoms with van der Waals surface area (Å²) in [5.74, 6) is -0.329. The van der Waals surface area contributed by atoms with Gasteiger partial charge in [0.15, 0.2) is 0 Å². The normalized spacial score (nSPS) is 11.4. The lowest BCUT2D eigenvalue weighted by Gasteiger charge is -2.16. The van der Waals surface area contributed by atoms with E-state index in [1.54, 1.807) is 13.1 Å². The average Bonchev–Trinajstić information content (AvgIpc) is 2.74. The Balaban J connectivity index is 0.00000361. The molecule has 5 nitrogen and oxygen atoms in total. The van der Waals surface area contributed by atoms with E-state index in [0.29, 0.717) is 11.4 Å². The minimum Gasteiger partial charge on any atom is -0.355 e. The summed E-state index contributed by atoms with van der Waals surface area (Å²) < 4.78 is 0.894. The van der Waals surface area contributed by atoms with Gasteiger partial charge in [0.25, 0.3) is 5.91 Å². The first-order valence-electron chi connectivity index (χ1n) is 5.93. The first-order chi connectivity index (χ1) is 8.90. The van der Waals surface area contributed by atoms with E-state index in [4.69, 9.17) is 5.73 Å². The number of carbonyl (C=O) groups excluding carboxylic acids is 2. The topological polar surface area (TPSA) is 75.4 Å². The molecule has 0 saturated heterocycles. The third-order valence-electron chi connectivity index (χ3n) is 2.43. The first kappa shape index (κ1) is 19.4. The number of carbonyl (C=O) groups is 2. The van der Waals surface area contributed by atoms with Gasteiger partial charge in [0, 0.05) is 19.6 Å². The molecule has 1 rings (SSSR count). The van der Waals surface area contributed by atoms with Crippen molar-refractivity contribution in [2.45, 2.75) is 19.4 Å². The quantitative estimate of drug-likeness (QED) is 0.786. The fraction of sp³-hybridized carbons (Fsp3) is 0.500. The number of amides is 2. The summed E-state index contributed by atoms with van der Waals surface area (Å²) in [7, 11) is 1.61. The number of nitrogens with two attached hydrogens (primary N) is 1. The van der Waals surface area contributed by atoms with Gasteiger partial charge in [0.05, 0.1) is 15.2 Å². The molecular weight excluding hydrogens is 366 g/mol. The predicted octanol–water partition coefficient (Wildman–Crippen LogP) is 1.86. The van der Waals surface area contributed by atoms with Crippen LogP contribution in [0, 0.1) is 0 Å². The second kappa shape index (κ2) is 9.33. The molecule has 20 heavy (non-hydrogen) atoms. The summed E-state index contributed by atoms with van der Waals surface area (Å²) >= 11 is 4.66. The van der Waals surface area contributed by atoms with E-state index in [2.05, 4.69) is 21.2 Å². The summed E-state index contributed by atoms with van der Waals surface area (Å²) in [5, 5.41) is 2.74. The number of likely N-dealkylation sites (N-methyl/N-ethyl adjacent to an activating group) is 1. The number of halogens is 2. The molecule has 3 N–H and O–H groups in total. The zero-order valence-electron chi connectivity index (χ0n) is 11.4. The van der Waals surface area contributed by atoms with Crippen molar-refractivity contribution in [1.82, 2.24) is 10.2 Å². The Kier molecular flexibility index (Phi) is 9.04. The molecule has 0 saturated carbocycles. The molecule has 2 amide bonds. The van der Waals surface area contributed by atoms with Crippen LogP contribution in [0.2, 0.25) is 0 Å². The van der Waals surface area contributed by atoms with E-state index in [1.165, 1.54) is 16.2 Å². The van der Waals surface area contributed by atoms with Crippen LogP contribution in [0.25, 0.3) is 0 Å². The second-order valence-corrected chi connectivity index (χ2v) is 6.84. The Labute approximate surface area is 137 Å². The highest BCUT2D eigenvalue weighted by Gasteiger charge is 2.16. The van der Waals surface area contributed by atoms with Crippen molar-refractivity contribution in [3.05, 3.63) is 20.8 Å². The average molecular weight is 385 g/mol. The van der Waals surface area contributed by atoms with Crippen LogP contribution in [0.1, 0.15) is 23.0 Å². The number of hydrogen-bond donors (Lipinski definition) is 2. The predicted molar refractivity (Wildman–Crippen MR) is 87.5 cm³/mol. The standard InChI is InChI=1S/C12H18BrN3O2S.ClH/c1-8(14)5-6-15-11(17)7-16(2)12(18)9-3-4-10(13)19-9;/h3-4,8H,5-7,14H2,1-2H3,(H,15,17);1H. The zero-order valence-corrected chi connectivity index (χ0v) is 14.6. The van der Waals surface area contributed by atoms with E-state index in [1.807, 2.05) is 13.0 Å². The monoisotopic (exact) mass is 383 g/mol. The van der Waals surface area contributed by atoms with Crippen LogP contribution in [-0.2, 0) is 4.79 Å². The molecule has 1 heterocycles. The van der Waals surface area contributed by atoms with Gasteiger partial charge in [-0.05, 0) is 41.4 Å². The molecule has 0 aromatic carbocycles. The Morgan fingerprint density at radius 2 is 2.15 bits per heavy atom. The third-order valence-corrected chi connectivity index (χ3v) is 4.04. The molecule has 1 unspecified atom stereocenters. The van der Waals surface area contributed by atoms with Gasteiger partial charge in [-0.25, -0.2) is 0 Å². The number of rotatable bonds is 6. The van der Waals surface area contributed by atoms with Crippen molar-refractivity contribution < 1.29 is 9.59 Å². The van der Waals surface area contributed by atoms with Gasteiger partial charge in [-0.15, -0.1) is 23.7 Å². The molecule has 0 radical (unpaired) electrons. The minimum absolute atomic E-state index is 0. The van der Waals surface area contributed by atoms with Crippen molar-refractivity contribution in [3.8, 4) is 0 Å². The largest absolute Gasteiger partial charge is 0.355 e. The minimum atomic E-state index is -0.174. The van der Waals surface area contributed by atoms with Gasteiger partial charge < -0.3 is 16.0 Å². The summed E-state index contributed by atoms with van der Waals surface area (Å²) in [6.45, 7) is 2.47. The lowest BCUT2D eigenvalue weighted by atomic mass is 10.2. The van der Waals surface area contributed by atoms with Crippen molar-refractivity contribution in [1.29, 1.82) is 0 Å². The number of nitrogens with one attached hydrogen (secondary N) is 1. The van der Waals surface area contributed by atoms with Crippen molar-refractivity contribution in [2.24, 2.45) is 5.73 Å². The van der Waals surface area contributed by atoms with Crippen molar-refractivity contribution >= 4 is 51.5 Å². The van der Waals surface area contributed by atoms with Gasteiger partial charge >= 0.3 is 0 Å². The smallest absolute Gasteiger partial charge is 0.264 e. The molecule has 114 valence electrons. The van der Waals surface area contributed by atoms with Gasteiger partial charge in [0.1, 0.15) is 0 Å². The van der Waals surface area contributed by atoms with Crippen LogP contribution in [0.15, 0.2) is 15.9 Å². The van der Waals surface area contributed by atoms with Crippen LogP contribution >= 0.6 is 39.7 Å². The molecular formula is C12H19BrClN3O2S. The first-order valence-corrected chi connectivity index (χ1v) is 7.54. The number of nitrogens with zero attached hydrogens (tertiary/aromatic N) is 1. The maximum Gasteiger partial charge on any atom is 0.264 e. The van der Waals surface area contributed by atoms with Gasteiger partial charge in [0.2, 0.25) is 5.91 Å². The third kappa shape index (κ3) is 6.69. The van der Waals surface area contributed by atoms with Gasteiger partial charge in [-0.3, -0.25) is 9.59 Å². The highest BCUT2D eigenvalue weighted by molar-refractivity contribution is 9.11. The molecule has 1 aromatic heterocycles. The summed E-state index contributed by atoms with van der Waals surface area (Å²) in [6, 6.07) is 3.61. The molecule has 0 fully saturated rings. The Bertz CT molecular complexity index is 454. The Morgan fingerprint density at radius 3 is 2.65 bits per heavy atom. The molecule has 0 aliphatic carbocycles. The van der Waals surface area contributed by atoms with Crippen LogP contribution in [0.3, 0.4) is 0 Å². The summed E-state index contributed by atoms with van der Waals surface area (Å²) in [6.07, 6.45) is 0.723. The highest BCUT2D eigenvalue weighted by Crippen LogP contribution is 2.22.